The number of nitrogens with two attached hydrogens (primary N) is 1. The van der Waals surface area contributed by atoms with Crippen LogP contribution in [0, 0.1) is 0 Å². The molecule has 2 heterocycles. The average molecular weight is 284 g/mol. The highest BCUT2D eigenvalue weighted by Gasteiger charge is 2.08. The van der Waals surface area contributed by atoms with Crippen LogP contribution in [0.5, 0.6) is 0 Å². The number of likely N-dealkylation sites (N-methyl/N-ethyl adjacent to an activating group) is 1. The molecule has 0 fully saturated rings. The van der Waals surface area contributed by atoms with Gasteiger partial charge in [0.05, 0.1) is 23.8 Å². The summed E-state index contributed by atoms with van der Waals surface area (Å²) in [5.41, 5.74) is 8.51. The van der Waals surface area contributed by atoms with E-state index < -0.39 is 0 Å². The van der Waals surface area contributed by atoms with Gasteiger partial charge >= 0.3 is 0 Å². The van der Waals surface area contributed by atoms with Crippen molar-refractivity contribution in [1.82, 2.24) is 14.9 Å². The molecule has 110 valence electrons. The van der Waals surface area contributed by atoms with Gasteiger partial charge in [0.15, 0.2) is 0 Å². The van der Waals surface area contributed by atoms with Crippen molar-refractivity contribution >= 4 is 16.7 Å². The van der Waals surface area contributed by atoms with Gasteiger partial charge in [0, 0.05) is 18.7 Å². The molecular weight excluding hydrogens is 264 g/mol. The van der Waals surface area contributed by atoms with Crippen molar-refractivity contribution in [3.05, 3.63) is 48.2 Å². The highest BCUT2D eigenvalue weighted by Crippen LogP contribution is 2.15. The van der Waals surface area contributed by atoms with E-state index in [0.29, 0.717) is 0 Å². The van der Waals surface area contributed by atoms with Gasteiger partial charge in [-0.1, -0.05) is 6.92 Å². The molecule has 5 nitrogen and oxygen atoms in total. The Bertz CT molecular complexity index is 702. The second-order valence-electron chi connectivity index (χ2n) is 5.16. The molecule has 3 aromatic rings. The summed E-state index contributed by atoms with van der Waals surface area (Å²) in [6.07, 6.45) is 2.59. The van der Waals surface area contributed by atoms with E-state index in [4.69, 9.17) is 10.2 Å². The fraction of sp³-hybridized carbons (Fsp3) is 0.312. The number of benzene rings is 1. The monoisotopic (exact) mass is 284 g/mol. The third-order valence-electron chi connectivity index (χ3n) is 3.63. The van der Waals surface area contributed by atoms with Crippen LogP contribution in [-0.2, 0) is 13.0 Å². The highest BCUT2D eigenvalue weighted by molar-refractivity contribution is 5.78. The molecule has 1 aromatic carbocycles. The molecule has 0 spiro atoms. The number of rotatable bonds is 6. The number of nitrogen functional groups attached to an aromatic ring is 1. The summed E-state index contributed by atoms with van der Waals surface area (Å²) in [5, 5.41) is 0. The van der Waals surface area contributed by atoms with Gasteiger partial charge in [0.2, 0.25) is 0 Å². The summed E-state index contributed by atoms with van der Waals surface area (Å²) in [7, 11) is 0. The summed E-state index contributed by atoms with van der Waals surface area (Å²) in [6, 6.07) is 9.68. The first-order chi connectivity index (χ1) is 10.2. The number of furan rings is 1. The number of nitrogens with one attached hydrogen (secondary N) is 1. The van der Waals surface area contributed by atoms with Crippen LogP contribution < -0.4 is 5.73 Å². The van der Waals surface area contributed by atoms with Crippen molar-refractivity contribution in [1.29, 1.82) is 0 Å². The highest BCUT2D eigenvalue weighted by atomic mass is 16.3. The van der Waals surface area contributed by atoms with E-state index in [2.05, 4.69) is 21.8 Å². The fourth-order valence-corrected chi connectivity index (χ4v) is 2.43. The lowest BCUT2D eigenvalue weighted by Crippen LogP contribution is -2.25. The van der Waals surface area contributed by atoms with Crippen molar-refractivity contribution < 1.29 is 4.42 Å². The molecule has 0 saturated carbocycles. The molecule has 2 aromatic heterocycles. The molecule has 0 saturated heterocycles. The second-order valence-corrected chi connectivity index (χ2v) is 5.16. The molecule has 0 unspecified atom stereocenters. The number of imidazole rings is 1. The Labute approximate surface area is 123 Å². The Morgan fingerprint density at radius 1 is 1.33 bits per heavy atom. The minimum absolute atomic E-state index is 0.755. The number of fused-ring (bicyclic) bond motifs is 1. The number of aromatic nitrogens is 2. The van der Waals surface area contributed by atoms with Gasteiger partial charge in [-0.25, -0.2) is 4.98 Å². The van der Waals surface area contributed by atoms with Gasteiger partial charge in [0.25, 0.3) is 0 Å². The molecule has 3 N–H and O–H groups in total. The Kier molecular flexibility index (Phi) is 3.92. The number of hydrogen-bond acceptors (Lipinski definition) is 4. The number of H-pyrrole nitrogens is 1. The number of aromatic amines is 1. The van der Waals surface area contributed by atoms with Crippen molar-refractivity contribution in [3.8, 4) is 0 Å². The van der Waals surface area contributed by atoms with Gasteiger partial charge in [-0.2, -0.15) is 0 Å². The van der Waals surface area contributed by atoms with Crippen molar-refractivity contribution in [2.75, 3.05) is 18.8 Å². The zero-order chi connectivity index (χ0) is 14.7. The van der Waals surface area contributed by atoms with Gasteiger partial charge in [-0.15, -0.1) is 0 Å². The van der Waals surface area contributed by atoms with Crippen molar-refractivity contribution in [2.45, 2.75) is 19.9 Å². The fourth-order valence-electron chi connectivity index (χ4n) is 2.43. The van der Waals surface area contributed by atoms with E-state index in [1.54, 1.807) is 6.26 Å². The van der Waals surface area contributed by atoms with Crippen LogP contribution in [0.15, 0.2) is 41.0 Å². The number of hydrogen-bond donors (Lipinski definition) is 2. The normalized spacial score (nSPS) is 11.5. The first kappa shape index (κ1) is 13.7. The first-order valence-electron chi connectivity index (χ1n) is 7.23. The Balaban J connectivity index is 1.64. The topological polar surface area (TPSA) is 71.1 Å². The predicted molar refractivity (Wildman–Crippen MR) is 83.9 cm³/mol. The molecule has 21 heavy (non-hydrogen) atoms. The number of nitrogens with zero attached hydrogens (tertiary/aromatic N) is 2. The van der Waals surface area contributed by atoms with Crippen LogP contribution in [0.25, 0.3) is 11.0 Å². The lowest BCUT2D eigenvalue weighted by Gasteiger charge is -2.18. The molecule has 0 amide bonds. The average Bonchev–Trinajstić information content (AvgIpc) is 3.11. The molecule has 0 radical (unpaired) electrons. The minimum atomic E-state index is 0.755. The zero-order valence-electron chi connectivity index (χ0n) is 12.2. The summed E-state index contributed by atoms with van der Waals surface area (Å²) in [6.45, 7) is 4.90. The van der Waals surface area contributed by atoms with E-state index >= 15 is 0 Å². The number of anilines is 1. The van der Waals surface area contributed by atoms with Crippen LogP contribution in [0.1, 0.15) is 18.5 Å². The van der Waals surface area contributed by atoms with Crippen LogP contribution in [0.3, 0.4) is 0 Å². The van der Waals surface area contributed by atoms with Crippen molar-refractivity contribution in [3.63, 3.8) is 0 Å². The maximum Gasteiger partial charge on any atom is 0.117 e. The molecule has 5 heteroatoms. The molecule has 0 bridgehead atoms. The van der Waals surface area contributed by atoms with Crippen molar-refractivity contribution in [2.24, 2.45) is 0 Å². The maximum atomic E-state index is 5.79. The minimum Gasteiger partial charge on any atom is -0.468 e. The maximum absolute atomic E-state index is 5.79. The van der Waals surface area contributed by atoms with Crippen LogP contribution in [0.2, 0.25) is 0 Å². The lowest BCUT2D eigenvalue weighted by atomic mass is 10.3. The van der Waals surface area contributed by atoms with Gasteiger partial charge < -0.3 is 15.1 Å². The molecular formula is C16H20N4O. The predicted octanol–water partition coefficient (Wildman–Crippen LogP) is 2.80. The Morgan fingerprint density at radius 2 is 2.24 bits per heavy atom. The Morgan fingerprint density at radius 3 is 3.00 bits per heavy atom. The Hall–Kier alpha value is -2.27. The summed E-state index contributed by atoms with van der Waals surface area (Å²) < 4.78 is 5.40. The molecule has 3 rings (SSSR count). The zero-order valence-corrected chi connectivity index (χ0v) is 12.2. The SMILES string of the molecule is CCN(CCc1nc2ccc(N)cc2[nH]1)Cc1ccco1. The summed E-state index contributed by atoms with van der Waals surface area (Å²) in [4.78, 5) is 10.3. The van der Waals surface area contributed by atoms with E-state index in [0.717, 1.165) is 54.4 Å². The molecule has 0 aliphatic heterocycles. The summed E-state index contributed by atoms with van der Waals surface area (Å²) >= 11 is 0. The standard InChI is InChI=1S/C16H20N4O/c1-2-20(11-13-4-3-9-21-13)8-7-16-18-14-6-5-12(17)10-15(14)19-16/h3-6,9-10H,2,7-8,11,17H2,1H3,(H,18,19). The van der Waals surface area contributed by atoms with E-state index in [9.17, 15) is 0 Å². The third-order valence-corrected chi connectivity index (χ3v) is 3.63. The molecule has 0 atom stereocenters. The van der Waals surface area contributed by atoms with Crippen LogP contribution in [0.4, 0.5) is 5.69 Å². The van der Waals surface area contributed by atoms with Gasteiger partial charge in [0.1, 0.15) is 11.6 Å². The van der Waals surface area contributed by atoms with E-state index in [1.807, 2.05) is 30.3 Å². The third kappa shape index (κ3) is 3.25. The van der Waals surface area contributed by atoms with Crippen LogP contribution >= 0.6 is 0 Å². The van der Waals surface area contributed by atoms with E-state index in [-0.39, 0.29) is 0 Å². The smallest absolute Gasteiger partial charge is 0.117 e. The lowest BCUT2D eigenvalue weighted by molar-refractivity contribution is 0.257. The van der Waals surface area contributed by atoms with Crippen LogP contribution in [-0.4, -0.2) is 28.0 Å². The first-order valence-corrected chi connectivity index (χ1v) is 7.23. The largest absolute Gasteiger partial charge is 0.468 e. The summed E-state index contributed by atoms with van der Waals surface area (Å²) in [5.74, 6) is 1.99. The molecule has 0 aliphatic carbocycles. The van der Waals surface area contributed by atoms with E-state index in [1.165, 1.54) is 0 Å². The molecule has 0 aliphatic rings. The second kappa shape index (κ2) is 6.01. The van der Waals surface area contributed by atoms with Gasteiger partial charge in [-0.05, 0) is 36.9 Å². The van der Waals surface area contributed by atoms with Gasteiger partial charge in [-0.3, -0.25) is 4.90 Å². The quantitative estimate of drug-likeness (QED) is 0.683.